The van der Waals surface area contributed by atoms with Gasteiger partial charge >= 0.3 is 5.97 Å². The number of thioether (sulfide) groups is 1. The molecule has 5 atom stereocenters. The van der Waals surface area contributed by atoms with Crippen LogP contribution in [0.1, 0.15) is 26.2 Å². The molecule has 1 heterocycles. The van der Waals surface area contributed by atoms with Gasteiger partial charge in [0.05, 0.1) is 11.8 Å². The second kappa shape index (κ2) is 5.10. The van der Waals surface area contributed by atoms with E-state index >= 15 is 0 Å². The molecule has 1 saturated carbocycles. The minimum Gasteiger partial charge on any atom is -0.481 e. The Kier molecular flexibility index (Phi) is 3.56. The van der Waals surface area contributed by atoms with Crippen molar-refractivity contribution in [2.45, 2.75) is 30.9 Å². The molecule has 1 amide bonds. The van der Waals surface area contributed by atoms with Crippen molar-refractivity contribution >= 4 is 23.6 Å². The molecule has 5 heteroatoms. The van der Waals surface area contributed by atoms with E-state index < -0.39 is 11.9 Å². The second-order valence-electron chi connectivity index (χ2n) is 6.46. The maximum absolute atomic E-state index is 12.4. The van der Waals surface area contributed by atoms with E-state index in [9.17, 15) is 14.7 Å². The zero-order chi connectivity index (χ0) is 14.3. The summed E-state index contributed by atoms with van der Waals surface area (Å²) in [7, 11) is 0. The lowest BCUT2D eigenvalue weighted by molar-refractivity contribution is -0.147. The van der Waals surface area contributed by atoms with Crippen LogP contribution in [0.3, 0.4) is 0 Å². The van der Waals surface area contributed by atoms with Crippen LogP contribution in [-0.2, 0) is 9.59 Å². The van der Waals surface area contributed by atoms with E-state index in [4.69, 9.17) is 0 Å². The van der Waals surface area contributed by atoms with Gasteiger partial charge in [0.1, 0.15) is 0 Å². The van der Waals surface area contributed by atoms with Crippen LogP contribution in [0.4, 0.5) is 0 Å². The monoisotopic (exact) mass is 295 g/mol. The second-order valence-corrected chi connectivity index (χ2v) is 8.14. The summed E-state index contributed by atoms with van der Waals surface area (Å²) in [4.78, 5) is 23.8. The molecule has 3 aliphatic rings. The molecular weight excluding hydrogens is 274 g/mol. The zero-order valence-corrected chi connectivity index (χ0v) is 12.5. The lowest BCUT2D eigenvalue weighted by Gasteiger charge is -2.27. The minimum atomic E-state index is -0.830. The minimum absolute atomic E-state index is 0.0460. The van der Waals surface area contributed by atoms with E-state index in [1.54, 1.807) is 0 Å². The van der Waals surface area contributed by atoms with Gasteiger partial charge in [0.25, 0.3) is 0 Å². The quantitative estimate of drug-likeness (QED) is 0.778. The third kappa shape index (κ3) is 2.36. The van der Waals surface area contributed by atoms with Crippen LogP contribution in [0, 0.1) is 23.7 Å². The molecule has 2 fully saturated rings. The van der Waals surface area contributed by atoms with Crippen molar-refractivity contribution < 1.29 is 14.7 Å². The van der Waals surface area contributed by atoms with Gasteiger partial charge in [-0.2, -0.15) is 11.8 Å². The van der Waals surface area contributed by atoms with Crippen molar-refractivity contribution in [2.24, 2.45) is 23.7 Å². The Morgan fingerprint density at radius 2 is 2.05 bits per heavy atom. The number of allylic oxidation sites excluding steroid dienone is 2. The molecular formula is C15H21NO3S. The fourth-order valence-corrected chi connectivity index (χ4v) is 5.13. The lowest BCUT2D eigenvalue weighted by atomic mass is 9.82. The van der Waals surface area contributed by atoms with Crippen molar-refractivity contribution in [1.29, 1.82) is 0 Å². The smallest absolute Gasteiger partial charge is 0.307 e. The summed E-state index contributed by atoms with van der Waals surface area (Å²) in [6, 6.07) is 0. The highest BCUT2D eigenvalue weighted by Gasteiger charge is 2.51. The first kappa shape index (κ1) is 14.0. The van der Waals surface area contributed by atoms with Gasteiger partial charge in [0.15, 0.2) is 0 Å². The third-order valence-electron chi connectivity index (χ3n) is 4.98. The first-order valence-electron chi connectivity index (χ1n) is 7.33. The van der Waals surface area contributed by atoms with Crippen LogP contribution < -0.4 is 5.32 Å². The number of hydrogen-bond acceptors (Lipinski definition) is 3. The largest absolute Gasteiger partial charge is 0.481 e. The Balaban J connectivity index is 1.64. The molecule has 2 aliphatic carbocycles. The number of carboxylic acid groups (broad SMARTS) is 1. The van der Waals surface area contributed by atoms with E-state index in [0.29, 0.717) is 6.54 Å². The standard InChI is InChI=1S/C15H21NO3S/c1-15(5-2-6-20-15)8-16-13(17)11-9-3-4-10(7-9)12(11)14(18)19/h3-4,9-12H,2,5-8H2,1H3,(H,16,17)(H,18,19). The lowest BCUT2D eigenvalue weighted by Crippen LogP contribution is -2.44. The highest BCUT2D eigenvalue weighted by Crippen LogP contribution is 2.48. The number of rotatable bonds is 4. The number of fused-ring (bicyclic) bond motifs is 2. The summed E-state index contributed by atoms with van der Waals surface area (Å²) in [6.07, 6.45) is 7.14. The van der Waals surface area contributed by atoms with Gasteiger partial charge in [-0.1, -0.05) is 12.2 Å². The van der Waals surface area contributed by atoms with Crippen molar-refractivity contribution in [3.8, 4) is 0 Å². The molecule has 0 aromatic rings. The van der Waals surface area contributed by atoms with Gasteiger partial charge in [0.2, 0.25) is 5.91 Å². The normalized spacial score (nSPS) is 42.0. The average molecular weight is 295 g/mol. The fraction of sp³-hybridized carbons (Fsp3) is 0.733. The number of aliphatic carboxylic acids is 1. The van der Waals surface area contributed by atoms with E-state index in [2.05, 4.69) is 12.2 Å². The van der Waals surface area contributed by atoms with Crippen molar-refractivity contribution in [3.05, 3.63) is 12.2 Å². The highest BCUT2D eigenvalue weighted by atomic mass is 32.2. The number of nitrogens with one attached hydrogen (secondary N) is 1. The van der Waals surface area contributed by atoms with Gasteiger partial charge < -0.3 is 10.4 Å². The van der Waals surface area contributed by atoms with Crippen LogP contribution >= 0.6 is 11.8 Å². The number of carbonyl (C=O) groups is 2. The van der Waals surface area contributed by atoms with Crippen LogP contribution in [0.25, 0.3) is 0 Å². The van der Waals surface area contributed by atoms with Gasteiger partial charge in [-0.3, -0.25) is 9.59 Å². The molecule has 0 aromatic heterocycles. The molecule has 5 unspecified atom stereocenters. The number of carbonyl (C=O) groups excluding carboxylic acids is 1. The van der Waals surface area contributed by atoms with Crippen molar-refractivity contribution in [3.63, 3.8) is 0 Å². The van der Waals surface area contributed by atoms with Gasteiger partial charge in [0, 0.05) is 11.3 Å². The van der Waals surface area contributed by atoms with Gasteiger partial charge in [-0.15, -0.1) is 0 Å². The Morgan fingerprint density at radius 3 is 2.65 bits per heavy atom. The Bertz CT molecular complexity index is 456. The number of carboxylic acids is 1. The Hall–Kier alpha value is -0.970. The van der Waals surface area contributed by atoms with Gasteiger partial charge in [-0.05, 0) is 43.8 Å². The Morgan fingerprint density at radius 1 is 1.35 bits per heavy atom. The average Bonchev–Trinajstić information content (AvgIpc) is 3.10. The molecule has 0 aromatic carbocycles. The molecule has 2 N–H and O–H groups in total. The SMILES string of the molecule is CC1(CNC(=O)C2C3C=CC(C3)C2C(=O)O)CCCS1. The molecule has 1 saturated heterocycles. The Labute approximate surface area is 123 Å². The summed E-state index contributed by atoms with van der Waals surface area (Å²) >= 11 is 1.91. The van der Waals surface area contributed by atoms with E-state index in [0.717, 1.165) is 18.6 Å². The topological polar surface area (TPSA) is 66.4 Å². The van der Waals surface area contributed by atoms with E-state index in [1.165, 1.54) is 6.42 Å². The van der Waals surface area contributed by atoms with Gasteiger partial charge in [-0.25, -0.2) is 0 Å². The molecule has 2 bridgehead atoms. The fourth-order valence-electron chi connectivity index (χ4n) is 3.88. The molecule has 0 spiro atoms. The van der Waals surface area contributed by atoms with Crippen molar-refractivity contribution in [2.75, 3.05) is 12.3 Å². The maximum Gasteiger partial charge on any atom is 0.307 e. The summed E-state index contributed by atoms with van der Waals surface area (Å²) in [5.41, 5.74) is 0. The molecule has 20 heavy (non-hydrogen) atoms. The third-order valence-corrected chi connectivity index (χ3v) is 6.52. The van der Waals surface area contributed by atoms with E-state index in [1.807, 2.05) is 23.9 Å². The van der Waals surface area contributed by atoms with Crippen LogP contribution in [0.15, 0.2) is 12.2 Å². The number of amides is 1. The molecule has 0 radical (unpaired) electrons. The first-order valence-corrected chi connectivity index (χ1v) is 8.31. The summed E-state index contributed by atoms with van der Waals surface area (Å²) < 4.78 is 0.127. The van der Waals surface area contributed by atoms with Crippen LogP contribution in [-0.4, -0.2) is 34.0 Å². The summed E-state index contributed by atoms with van der Waals surface area (Å²) in [5.74, 6) is -0.492. The van der Waals surface area contributed by atoms with Crippen molar-refractivity contribution in [1.82, 2.24) is 5.32 Å². The van der Waals surface area contributed by atoms with E-state index in [-0.39, 0.29) is 28.4 Å². The molecule has 4 nitrogen and oxygen atoms in total. The predicted molar refractivity (Wildman–Crippen MR) is 78.5 cm³/mol. The molecule has 110 valence electrons. The summed E-state index contributed by atoms with van der Waals surface area (Å²) in [5, 5.41) is 12.4. The van der Waals surface area contributed by atoms with Crippen LogP contribution in [0.2, 0.25) is 0 Å². The predicted octanol–water partition coefficient (Wildman–Crippen LogP) is 1.91. The first-order chi connectivity index (χ1) is 9.50. The molecule has 3 rings (SSSR count). The van der Waals surface area contributed by atoms with Crippen LogP contribution in [0.5, 0.6) is 0 Å². The zero-order valence-electron chi connectivity index (χ0n) is 11.7. The molecule has 1 aliphatic heterocycles. The highest BCUT2D eigenvalue weighted by molar-refractivity contribution is 8.00. The number of hydrogen-bond donors (Lipinski definition) is 2. The maximum atomic E-state index is 12.4. The summed E-state index contributed by atoms with van der Waals surface area (Å²) in [6.45, 7) is 2.83.